The molecule has 0 bridgehead atoms. The monoisotopic (exact) mass is 346 g/mol. The SMILES string of the molecule is CC1(C)NC(=O)N(CCCC(=O)NC2CCCC2CN)C1=O.Cl. The highest BCUT2D eigenvalue weighted by atomic mass is 35.5. The van der Waals surface area contributed by atoms with Gasteiger partial charge in [0.15, 0.2) is 0 Å². The summed E-state index contributed by atoms with van der Waals surface area (Å²) in [4.78, 5) is 36.9. The van der Waals surface area contributed by atoms with Crippen LogP contribution in [0.1, 0.15) is 46.0 Å². The third kappa shape index (κ3) is 4.57. The summed E-state index contributed by atoms with van der Waals surface area (Å²) in [6, 6.07) is -0.206. The van der Waals surface area contributed by atoms with Crippen LogP contribution in [0.15, 0.2) is 0 Å². The van der Waals surface area contributed by atoms with Crippen LogP contribution in [0.3, 0.4) is 0 Å². The normalized spacial score (nSPS) is 26.0. The van der Waals surface area contributed by atoms with Gasteiger partial charge in [0.05, 0.1) is 0 Å². The van der Waals surface area contributed by atoms with Crippen molar-refractivity contribution in [2.24, 2.45) is 11.7 Å². The first-order valence-electron chi connectivity index (χ1n) is 7.98. The first kappa shape index (κ1) is 19.7. The number of imide groups is 1. The number of nitrogens with zero attached hydrogens (tertiary/aromatic N) is 1. The number of carbonyl (C=O) groups excluding carboxylic acids is 3. The largest absolute Gasteiger partial charge is 0.353 e. The van der Waals surface area contributed by atoms with Crippen LogP contribution in [0.2, 0.25) is 0 Å². The molecule has 2 fully saturated rings. The average Bonchev–Trinajstić information content (AvgIpc) is 2.96. The second-order valence-electron chi connectivity index (χ2n) is 6.72. The molecule has 1 heterocycles. The molecule has 132 valence electrons. The maximum absolute atomic E-state index is 12.0. The van der Waals surface area contributed by atoms with Gasteiger partial charge in [0.1, 0.15) is 5.54 Å². The molecular weight excluding hydrogens is 320 g/mol. The quantitative estimate of drug-likeness (QED) is 0.617. The van der Waals surface area contributed by atoms with E-state index in [9.17, 15) is 14.4 Å². The van der Waals surface area contributed by atoms with Gasteiger partial charge < -0.3 is 16.4 Å². The van der Waals surface area contributed by atoms with Gasteiger partial charge in [0, 0.05) is 19.0 Å². The van der Waals surface area contributed by atoms with E-state index in [2.05, 4.69) is 10.6 Å². The molecule has 0 aromatic carbocycles. The summed E-state index contributed by atoms with van der Waals surface area (Å²) >= 11 is 0. The number of rotatable bonds is 6. The summed E-state index contributed by atoms with van der Waals surface area (Å²) in [6.07, 6.45) is 3.94. The lowest BCUT2D eigenvalue weighted by Gasteiger charge is -2.20. The summed E-state index contributed by atoms with van der Waals surface area (Å²) in [5.41, 5.74) is 4.85. The molecule has 0 aromatic heterocycles. The van der Waals surface area contributed by atoms with Crippen LogP contribution in [-0.2, 0) is 9.59 Å². The highest BCUT2D eigenvalue weighted by molar-refractivity contribution is 6.06. The van der Waals surface area contributed by atoms with Gasteiger partial charge in [-0.15, -0.1) is 12.4 Å². The zero-order chi connectivity index (χ0) is 16.3. The van der Waals surface area contributed by atoms with E-state index in [4.69, 9.17) is 5.73 Å². The van der Waals surface area contributed by atoms with Crippen LogP contribution in [-0.4, -0.2) is 47.4 Å². The Balaban J connectivity index is 0.00000264. The number of nitrogens with one attached hydrogen (secondary N) is 2. The lowest BCUT2D eigenvalue weighted by Crippen LogP contribution is -2.41. The van der Waals surface area contributed by atoms with E-state index in [1.54, 1.807) is 13.8 Å². The Hall–Kier alpha value is -1.34. The molecule has 1 aliphatic carbocycles. The first-order valence-corrected chi connectivity index (χ1v) is 7.98. The Kier molecular flexibility index (Phi) is 6.83. The maximum Gasteiger partial charge on any atom is 0.325 e. The summed E-state index contributed by atoms with van der Waals surface area (Å²) in [7, 11) is 0. The Morgan fingerprint density at radius 2 is 2.09 bits per heavy atom. The predicted octanol–water partition coefficient (Wildman–Crippen LogP) is 0.762. The number of hydrogen-bond donors (Lipinski definition) is 3. The summed E-state index contributed by atoms with van der Waals surface area (Å²) in [5.74, 6) is 0.101. The van der Waals surface area contributed by atoms with Crippen LogP contribution in [0.5, 0.6) is 0 Å². The third-order valence-electron chi connectivity index (χ3n) is 4.54. The molecule has 7 nitrogen and oxygen atoms in total. The fourth-order valence-corrected chi connectivity index (χ4v) is 3.21. The van der Waals surface area contributed by atoms with Crippen LogP contribution < -0.4 is 16.4 Å². The van der Waals surface area contributed by atoms with Crippen molar-refractivity contribution in [1.82, 2.24) is 15.5 Å². The number of carbonyl (C=O) groups is 3. The summed E-state index contributed by atoms with van der Waals surface area (Å²) in [6.45, 7) is 4.22. The second-order valence-corrected chi connectivity index (χ2v) is 6.72. The van der Waals surface area contributed by atoms with Gasteiger partial charge in [-0.1, -0.05) is 6.42 Å². The van der Waals surface area contributed by atoms with Crippen molar-refractivity contribution in [3.63, 3.8) is 0 Å². The minimum absolute atomic E-state index is 0. The van der Waals surface area contributed by atoms with Gasteiger partial charge in [-0.05, 0) is 45.6 Å². The van der Waals surface area contributed by atoms with Gasteiger partial charge in [0.25, 0.3) is 5.91 Å². The molecule has 0 spiro atoms. The smallest absolute Gasteiger partial charge is 0.325 e. The topological polar surface area (TPSA) is 105 Å². The van der Waals surface area contributed by atoms with Gasteiger partial charge in [-0.2, -0.15) is 0 Å². The van der Waals surface area contributed by atoms with Gasteiger partial charge >= 0.3 is 6.03 Å². The van der Waals surface area contributed by atoms with Crippen LogP contribution >= 0.6 is 12.4 Å². The van der Waals surface area contributed by atoms with Crippen molar-refractivity contribution in [3.8, 4) is 0 Å². The molecule has 2 rings (SSSR count). The molecule has 1 saturated heterocycles. The summed E-state index contributed by atoms with van der Waals surface area (Å²) in [5, 5.41) is 5.65. The van der Waals surface area contributed by atoms with Crippen molar-refractivity contribution in [1.29, 1.82) is 0 Å². The molecule has 4 N–H and O–H groups in total. The summed E-state index contributed by atoms with van der Waals surface area (Å²) < 4.78 is 0. The van der Waals surface area contributed by atoms with E-state index in [0.717, 1.165) is 19.3 Å². The molecule has 2 unspecified atom stereocenters. The van der Waals surface area contributed by atoms with E-state index in [0.29, 0.717) is 25.3 Å². The van der Waals surface area contributed by atoms with Crippen molar-refractivity contribution < 1.29 is 14.4 Å². The minimum atomic E-state index is -0.850. The number of amides is 4. The maximum atomic E-state index is 12.0. The number of urea groups is 1. The van der Waals surface area contributed by atoms with Gasteiger partial charge in [0.2, 0.25) is 5.91 Å². The predicted molar refractivity (Wildman–Crippen MR) is 89.1 cm³/mol. The average molecular weight is 347 g/mol. The molecule has 8 heteroatoms. The van der Waals surface area contributed by atoms with E-state index in [-0.39, 0.29) is 42.8 Å². The molecule has 0 aromatic rings. The highest BCUT2D eigenvalue weighted by Crippen LogP contribution is 2.24. The van der Waals surface area contributed by atoms with Gasteiger partial charge in [-0.25, -0.2) is 4.79 Å². The Morgan fingerprint density at radius 3 is 2.65 bits per heavy atom. The number of hydrogen-bond acceptors (Lipinski definition) is 4. The highest BCUT2D eigenvalue weighted by Gasteiger charge is 2.43. The van der Waals surface area contributed by atoms with Crippen LogP contribution in [0.4, 0.5) is 4.79 Å². The van der Waals surface area contributed by atoms with Crippen molar-refractivity contribution >= 4 is 30.3 Å². The minimum Gasteiger partial charge on any atom is -0.353 e. The fourth-order valence-electron chi connectivity index (χ4n) is 3.21. The number of nitrogens with two attached hydrogens (primary N) is 1. The standard InChI is InChI=1S/C15H26N4O3.ClH/c1-15(2)13(21)19(14(22)18-15)8-4-7-12(20)17-11-6-3-5-10(11)9-16;/h10-11H,3-9,16H2,1-2H3,(H,17,20)(H,18,22);1H. The van der Waals surface area contributed by atoms with Crippen LogP contribution in [0.25, 0.3) is 0 Å². The molecule has 1 aliphatic heterocycles. The Morgan fingerprint density at radius 1 is 1.39 bits per heavy atom. The molecule has 0 radical (unpaired) electrons. The van der Waals surface area contributed by atoms with Crippen LogP contribution in [0, 0.1) is 5.92 Å². The van der Waals surface area contributed by atoms with Gasteiger partial charge in [-0.3, -0.25) is 14.5 Å². The molecule has 2 atom stereocenters. The van der Waals surface area contributed by atoms with E-state index < -0.39 is 5.54 Å². The molecular formula is C15H27ClN4O3. The fraction of sp³-hybridized carbons (Fsp3) is 0.800. The second kappa shape index (κ2) is 7.97. The first-order chi connectivity index (χ1) is 10.3. The van der Waals surface area contributed by atoms with Crippen molar-refractivity contribution in [2.75, 3.05) is 13.1 Å². The molecule has 2 aliphatic rings. The lowest BCUT2D eigenvalue weighted by molar-refractivity contribution is -0.130. The zero-order valence-corrected chi connectivity index (χ0v) is 14.6. The number of halogens is 1. The van der Waals surface area contributed by atoms with Crippen molar-refractivity contribution in [3.05, 3.63) is 0 Å². The van der Waals surface area contributed by atoms with E-state index >= 15 is 0 Å². The third-order valence-corrected chi connectivity index (χ3v) is 4.54. The van der Waals surface area contributed by atoms with E-state index in [1.807, 2.05) is 0 Å². The Bertz CT molecular complexity index is 470. The molecule has 4 amide bonds. The molecule has 1 saturated carbocycles. The lowest BCUT2D eigenvalue weighted by atomic mass is 10.0. The molecule has 23 heavy (non-hydrogen) atoms. The Labute approximate surface area is 143 Å². The van der Waals surface area contributed by atoms with E-state index in [1.165, 1.54) is 4.90 Å². The van der Waals surface area contributed by atoms with Crippen molar-refractivity contribution in [2.45, 2.75) is 57.5 Å². The zero-order valence-electron chi connectivity index (χ0n) is 13.8.